The fraction of sp³-hybridized carbons (Fsp3) is 0.208. The first kappa shape index (κ1) is 21.0. The molecule has 3 aromatic rings. The van der Waals surface area contributed by atoms with Gasteiger partial charge in [0.05, 0.1) is 28.4 Å². The molecule has 1 fully saturated rings. The number of hydrogen-bond acceptors (Lipinski definition) is 5. The van der Waals surface area contributed by atoms with Crippen LogP contribution in [0, 0.1) is 0 Å². The number of benzene rings is 3. The van der Waals surface area contributed by atoms with Crippen molar-refractivity contribution in [2.75, 3.05) is 13.1 Å². The van der Waals surface area contributed by atoms with Crippen LogP contribution in [0.15, 0.2) is 77.7 Å². The zero-order valence-corrected chi connectivity index (χ0v) is 18.6. The van der Waals surface area contributed by atoms with Crippen molar-refractivity contribution in [1.29, 1.82) is 0 Å². The molecule has 6 nitrogen and oxygen atoms in total. The van der Waals surface area contributed by atoms with E-state index in [-0.39, 0.29) is 30.2 Å². The lowest BCUT2D eigenvalue weighted by atomic mass is 9.89. The lowest BCUT2D eigenvalue weighted by molar-refractivity contribution is 0.0498. The van der Waals surface area contributed by atoms with Gasteiger partial charge in [0.15, 0.2) is 5.78 Å². The van der Waals surface area contributed by atoms with Crippen LogP contribution in [-0.4, -0.2) is 37.2 Å². The van der Waals surface area contributed by atoms with Gasteiger partial charge in [0, 0.05) is 13.0 Å². The third kappa shape index (κ3) is 3.77. The minimum absolute atomic E-state index is 0.0211. The number of ketones is 1. The number of rotatable bonds is 4. The molecule has 0 radical (unpaired) electrons. The predicted octanol–water partition coefficient (Wildman–Crippen LogP) is 4.93. The van der Waals surface area contributed by atoms with Crippen LogP contribution in [0.4, 0.5) is 0 Å². The Bertz CT molecular complexity index is 1290. The Balaban J connectivity index is 1.33. The van der Waals surface area contributed by atoms with Crippen molar-refractivity contribution in [3.63, 3.8) is 0 Å². The van der Waals surface area contributed by atoms with Crippen molar-refractivity contribution in [2.45, 2.75) is 23.3 Å². The minimum atomic E-state index is -3.75. The standard InChI is InChI=1S/C24H20ClNO5S/c25-20-6-2-4-8-23(20)30-17-9-11-18(12-10-17)32(28,29)26-14-13-24(16-26)15-21(27)19-5-1-3-7-22(19)31-24/h1-12H,13-16H2. The summed E-state index contributed by atoms with van der Waals surface area (Å²) in [4.78, 5) is 12.8. The maximum atomic E-state index is 13.2. The number of para-hydroxylation sites is 2. The molecule has 1 atom stereocenters. The van der Waals surface area contributed by atoms with Crippen LogP contribution in [-0.2, 0) is 10.0 Å². The lowest BCUT2D eigenvalue weighted by Crippen LogP contribution is -2.45. The van der Waals surface area contributed by atoms with Crippen LogP contribution in [0.25, 0.3) is 0 Å². The molecule has 0 N–H and O–H groups in total. The highest BCUT2D eigenvalue weighted by molar-refractivity contribution is 7.89. The van der Waals surface area contributed by atoms with Crippen LogP contribution in [0.3, 0.4) is 0 Å². The number of Topliss-reactive ketones (excluding diaryl/α,β-unsaturated/α-hetero) is 1. The summed E-state index contributed by atoms with van der Waals surface area (Å²) in [5, 5.41) is 0.468. The Hall–Kier alpha value is -2.87. The maximum Gasteiger partial charge on any atom is 0.243 e. The van der Waals surface area contributed by atoms with Crippen molar-refractivity contribution in [1.82, 2.24) is 4.31 Å². The van der Waals surface area contributed by atoms with E-state index >= 15 is 0 Å². The van der Waals surface area contributed by atoms with Crippen molar-refractivity contribution in [3.05, 3.63) is 83.4 Å². The Morgan fingerprint density at radius 1 is 0.969 bits per heavy atom. The van der Waals surface area contributed by atoms with Crippen LogP contribution in [0.2, 0.25) is 5.02 Å². The van der Waals surface area contributed by atoms with Gasteiger partial charge in [0.25, 0.3) is 0 Å². The van der Waals surface area contributed by atoms with E-state index in [4.69, 9.17) is 21.1 Å². The number of halogens is 1. The molecular formula is C24H20ClNO5S. The SMILES string of the molecule is O=C1CC2(CCN(S(=O)(=O)c3ccc(Oc4ccccc4Cl)cc3)C2)Oc2ccccc21. The molecule has 2 heterocycles. The summed E-state index contributed by atoms with van der Waals surface area (Å²) in [6.45, 7) is 0.420. The summed E-state index contributed by atoms with van der Waals surface area (Å²) in [5.74, 6) is 1.47. The van der Waals surface area contributed by atoms with E-state index in [1.807, 2.05) is 0 Å². The fourth-order valence-electron chi connectivity index (χ4n) is 4.17. The van der Waals surface area contributed by atoms with Gasteiger partial charge in [0.2, 0.25) is 10.0 Å². The van der Waals surface area contributed by atoms with E-state index in [1.165, 1.54) is 16.4 Å². The van der Waals surface area contributed by atoms with Gasteiger partial charge in [-0.15, -0.1) is 0 Å². The number of carbonyl (C=O) groups is 1. The van der Waals surface area contributed by atoms with Crippen molar-refractivity contribution in [2.24, 2.45) is 0 Å². The summed E-state index contributed by atoms with van der Waals surface area (Å²) >= 11 is 6.11. The van der Waals surface area contributed by atoms with Gasteiger partial charge in [-0.2, -0.15) is 4.31 Å². The molecule has 0 saturated carbocycles. The third-order valence-electron chi connectivity index (χ3n) is 5.80. The number of sulfonamides is 1. The molecule has 1 unspecified atom stereocenters. The molecule has 0 aliphatic carbocycles. The van der Waals surface area contributed by atoms with Gasteiger partial charge in [-0.05, 0) is 48.5 Å². The van der Waals surface area contributed by atoms with Crippen molar-refractivity contribution < 1.29 is 22.7 Å². The molecule has 0 bridgehead atoms. The van der Waals surface area contributed by atoms with E-state index in [9.17, 15) is 13.2 Å². The van der Waals surface area contributed by atoms with E-state index in [1.54, 1.807) is 60.7 Å². The van der Waals surface area contributed by atoms with E-state index in [0.717, 1.165) is 0 Å². The Kier molecular flexibility index (Phi) is 5.20. The molecular weight excluding hydrogens is 450 g/mol. The molecule has 164 valence electrons. The fourth-order valence-corrected chi connectivity index (χ4v) is 5.86. The lowest BCUT2D eigenvalue weighted by Gasteiger charge is -2.34. The second-order valence-corrected chi connectivity index (χ2v) is 10.3. The van der Waals surface area contributed by atoms with Gasteiger partial charge in [-0.1, -0.05) is 35.9 Å². The molecule has 2 aliphatic rings. The van der Waals surface area contributed by atoms with Crippen molar-refractivity contribution in [3.8, 4) is 17.2 Å². The summed E-state index contributed by atoms with van der Waals surface area (Å²) < 4.78 is 39.7. The molecule has 0 aromatic heterocycles. The van der Waals surface area contributed by atoms with E-state index < -0.39 is 15.6 Å². The second-order valence-electron chi connectivity index (χ2n) is 7.97. The van der Waals surface area contributed by atoms with Crippen LogP contribution >= 0.6 is 11.6 Å². The number of nitrogens with zero attached hydrogens (tertiary/aromatic N) is 1. The average Bonchev–Trinajstić information content (AvgIpc) is 3.19. The molecule has 1 spiro atoms. The molecule has 32 heavy (non-hydrogen) atoms. The zero-order chi connectivity index (χ0) is 22.3. The molecule has 3 aromatic carbocycles. The van der Waals surface area contributed by atoms with Crippen LogP contribution < -0.4 is 9.47 Å². The topological polar surface area (TPSA) is 72.9 Å². The van der Waals surface area contributed by atoms with Gasteiger partial charge >= 0.3 is 0 Å². The van der Waals surface area contributed by atoms with E-state index in [0.29, 0.717) is 34.3 Å². The molecule has 5 rings (SSSR count). The van der Waals surface area contributed by atoms with Gasteiger partial charge in [0.1, 0.15) is 22.8 Å². The summed E-state index contributed by atoms with van der Waals surface area (Å²) in [6, 6.07) is 20.4. The predicted molar refractivity (Wildman–Crippen MR) is 120 cm³/mol. The summed E-state index contributed by atoms with van der Waals surface area (Å²) in [7, 11) is -3.75. The highest BCUT2D eigenvalue weighted by atomic mass is 35.5. The quantitative estimate of drug-likeness (QED) is 0.541. The number of ether oxygens (including phenoxy) is 2. The summed E-state index contributed by atoms with van der Waals surface area (Å²) in [5.41, 5.74) is -0.278. The highest BCUT2D eigenvalue weighted by Crippen LogP contribution is 2.40. The maximum absolute atomic E-state index is 13.2. The largest absolute Gasteiger partial charge is 0.485 e. The normalized spacial score (nSPS) is 20.7. The molecule has 0 amide bonds. The molecule has 1 saturated heterocycles. The van der Waals surface area contributed by atoms with E-state index in [2.05, 4.69) is 0 Å². The average molecular weight is 470 g/mol. The van der Waals surface area contributed by atoms with Gasteiger partial charge in [-0.3, -0.25) is 4.79 Å². The van der Waals surface area contributed by atoms with Crippen LogP contribution in [0.5, 0.6) is 17.2 Å². The smallest absolute Gasteiger partial charge is 0.243 e. The second kappa shape index (κ2) is 7.92. The first-order chi connectivity index (χ1) is 15.4. The monoisotopic (exact) mass is 469 g/mol. The number of hydrogen-bond donors (Lipinski definition) is 0. The van der Waals surface area contributed by atoms with Gasteiger partial charge in [-0.25, -0.2) is 8.42 Å². The zero-order valence-electron chi connectivity index (χ0n) is 17.0. The molecule has 2 aliphatic heterocycles. The van der Waals surface area contributed by atoms with Crippen molar-refractivity contribution >= 4 is 27.4 Å². The molecule has 8 heteroatoms. The highest BCUT2D eigenvalue weighted by Gasteiger charge is 2.48. The van der Waals surface area contributed by atoms with Crippen LogP contribution in [0.1, 0.15) is 23.2 Å². The first-order valence-electron chi connectivity index (χ1n) is 10.2. The van der Waals surface area contributed by atoms with Gasteiger partial charge < -0.3 is 9.47 Å². The Morgan fingerprint density at radius 3 is 2.47 bits per heavy atom. The number of fused-ring (bicyclic) bond motifs is 1. The Labute approximate surface area is 191 Å². The minimum Gasteiger partial charge on any atom is -0.485 e. The first-order valence-corrected chi connectivity index (χ1v) is 12.0. The number of carbonyl (C=O) groups excluding carboxylic acids is 1. The summed E-state index contributed by atoms with van der Waals surface area (Å²) in [6.07, 6.45) is 0.626. The third-order valence-corrected chi connectivity index (χ3v) is 7.98. The Morgan fingerprint density at radius 2 is 1.69 bits per heavy atom.